The first-order valence-electron chi connectivity index (χ1n) is 7.12. The minimum Gasteiger partial charge on any atom is -0.497 e. The zero-order chi connectivity index (χ0) is 17.4. The summed E-state index contributed by atoms with van der Waals surface area (Å²) < 4.78 is 20.7. The smallest absolute Gasteiger partial charge is 0.342 e. The maximum Gasteiger partial charge on any atom is 0.342 e. The van der Waals surface area contributed by atoms with E-state index in [4.69, 9.17) is 18.9 Å². The molecule has 1 aliphatic rings. The first kappa shape index (κ1) is 15.8. The Morgan fingerprint density at radius 2 is 1.79 bits per heavy atom. The van der Waals surface area contributed by atoms with E-state index in [-0.39, 0.29) is 23.7 Å². The maximum absolute atomic E-state index is 12.0. The van der Waals surface area contributed by atoms with Gasteiger partial charge in [-0.2, -0.15) is 0 Å². The van der Waals surface area contributed by atoms with Crippen LogP contribution >= 0.6 is 0 Å². The van der Waals surface area contributed by atoms with Gasteiger partial charge >= 0.3 is 17.9 Å². The number of methoxy groups -OCH3 is 1. The van der Waals surface area contributed by atoms with Gasteiger partial charge in [-0.3, -0.25) is 9.59 Å². The van der Waals surface area contributed by atoms with E-state index in [1.807, 2.05) is 0 Å². The summed E-state index contributed by atoms with van der Waals surface area (Å²) in [4.78, 5) is 35.0. The van der Waals surface area contributed by atoms with Gasteiger partial charge in [0.15, 0.2) is 5.75 Å². The summed E-state index contributed by atoms with van der Waals surface area (Å²) in [5.74, 6) is -1.13. The number of cyclic esters (lactones) is 1. The number of ether oxygens (including phenoxy) is 4. The standard InChI is InChI=1S/C17H14O7/c1-8(18)23-13-6-12(21-3)5-10-4-11-7-22-17(20)15(11)16(14(10)13)24-9(2)19/h4-6H,7H2,1-3H3. The van der Waals surface area contributed by atoms with Gasteiger partial charge in [-0.05, 0) is 17.5 Å². The lowest BCUT2D eigenvalue weighted by Gasteiger charge is -2.14. The average Bonchev–Trinajstić information content (AvgIpc) is 2.86. The molecule has 124 valence electrons. The van der Waals surface area contributed by atoms with E-state index in [2.05, 4.69) is 0 Å². The lowest BCUT2D eigenvalue weighted by Crippen LogP contribution is -2.09. The van der Waals surface area contributed by atoms with Crippen molar-refractivity contribution in [2.75, 3.05) is 7.11 Å². The second-order valence-corrected chi connectivity index (χ2v) is 5.23. The third-order valence-electron chi connectivity index (χ3n) is 3.51. The molecule has 0 saturated heterocycles. The molecule has 7 nitrogen and oxygen atoms in total. The van der Waals surface area contributed by atoms with Crippen LogP contribution in [0.3, 0.4) is 0 Å². The van der Waals surface area contributed by atoms with Crippen molar-refractivity contribution < 1.29 is 33.3 Å². The van der Waals surface area contributed by atoms with Crippen molar-refractivity contribution in [3.63, 3.8) is 0 Å². The van der Waals surface area contributed by atoms with Crippen molar-refractivity contribution in [2.24, 2.45) is 0 Å². The quantitative estimate of drug-likeness (QED) is 0.630. The highest BCUT2D eigenvalue weighted by molar-refractivity contribution is 6.08. The third kappa shape index (κ3) is 2.64. The maximum atomic E-state index is 12.0. The van der Waals surface area contributed by atoms with Crippen LogP contribution in [0.15, 0.2) is 18.2 Å². The topological polar surface area (TPSA) is 88.1 Å². The van der Waals surface area contributed by atoms with Crippen molar-refractivity contribution in [3.8, 4) is 17.2 Å². The Morgan fingerprint density at radius 3 is 2.42 bits per heavy atom. The van der Waals surface area contributed by atoms with E-state index in [9.17, 15) is 14.4 Å². The molecule has 7 heteroatoms. The lowest BCUT2D eigenvalue weighted by molar-refractivity contribution is -0.132. The summed E-state index contributed by atoms with van der Waals surface area (Å²) >= 11 is 0. The molecule has 2 aromatic carbocycles. The molecule has 0 amide bonds. The average molecular weight is 330 g/mol. The highest BCUT2D eigenvalue weighted by atomic mass is 16.6. The molecule has 0 radical (unpaired) electrons. The van der Waals surface area contributed by atoms with E-state index >= 15 is 0 Å². The molecule has 0 unspecified atom stereocenters. The van der Waals surface area contributed by atoms with Gasteiger partial charge in [0, 0.05) is 25.5 Å². The molecule has 3 rings (SSSR count). The Balaban J connectivity index is 2.40. The van der Waals surface area contributed by atoms with Crippen LogP contribution in [-0.2, 0) is 20.9 Å². The molecule has 0 saturated carbocycles. The Bertz CT molecular complexity index is 882. The molecule has 1 heterocycles. The fraction of sp³-hybridized carbons (Fsp3) is 0.235. The number of esters is 3. The van der Waals surface area contributed by atoms with Crippen molar-refractivity contribution >= 4 is 28.7 Å². The first-order valence-corrected chi connectivity index (χ1v) is 7.12. The molecule has 0 spiro atoms. The molecule has 0 atom stereocenters. The van der Waals surface area contributed by atoms with E-state index in [1.165, 1.54) is 27.0 Å². The van der Waals surface area contributed by atoms with Crippen LogP contribution in [0.1, 0.15) is 29.8 Å². The molecule has 0 bridgehead atoms. The van der Waals surface area contributed by atoms with Crippen LogP contribution in [0.5, 0.6) is 17.2 Å². The molecule has 0 aromatic heterocycles. The van der Waals surface area contributed by atoms with Crippen molar-refractivity contribution in [1.82, 2.24) is 0 Å². The monoisotopic (exact) mass is 330 g/mol. The number of carbonyl (C=O) groups is 3. The van der Waals surface area contributed by atoms with E-state index in [0.717, 1.165) is 0 Å². The molecule has 1 aliphatic heterocycles. The molecule has 0 fully saturated rings. The number of fused-ring (bicyclic) bond motifs is 2. The summed E-state index contributed by atoms with van der Waals surface area (Å²) in [6.45, 7) is 2.55. The minimum absolute atomic E-state index is 0.0244. The van der Waals surface area contributed by atoms with E-state index in [1.54, 1.807) is 12.1 Å². The number of carbonyl (C=O) groups excluding carboxylic acids is 3. The number of rotatable bonds is 3. The highest BCUT2D eigenvalue weighted by Crippen LogP contribution is 2.43. The van der Waals surface area contributed by atoms with Gasteiger partial charge in [0.2, 0.25) is 0 Å². The zero-order valence-electron chi connectivity index (χ0n) is 13.3. The molecule has 0 aliphatic carbocycles. The van der Waals surface area contributed by atoms with Crippen LogP contribution in [0.2, 0.25) is 0 Å². The van der Waals surface area contributed by atoms with Gasteiger partial charge in [0.1, 0.15) is 23.7 Å². The zero-order valence-corrected chi connectivity index (χ0v) is 13.3. The van der Waals surface area contributed by atoms with E-state index < -0.39 is 17.9 Å². The number of benzene rings is 2. The number of hydrogen-bond donors (Lipinski definition) is 0. The lowest BCUT2D eigenvalue weighted by atomic mass is 9.99. The van der Waals surface area contributed by atoms with Gasteiger partial charge in [-0.25, -0.2) is 4.79 Å². The Labute approximate surface area is 137 Å². The Hall–Kier alpha value is -3.09. The second kappa shape index (κ2) is 5.84. The van der Waals surface area contributed by atoms with Crippen LogP contribution in [0.25, 0.3) is 10.8 Å². The van der Waals surface area contributed by atoms with Crippen LogP contribution < -0.4 is 14.2 Å². The van der Waals surface area contributed by atoms with Crippen molar-refractivity contribution in [2.45, 2.75) is 20.5 Å². The summed E-state index contributed by atoms with van der Waals surface area (Å²) in [5.41, 5.74) is 0.752. The number of hydrogen-bond acceptors (Lipinski definition) is 7. The highest BCUT2D eigenvalue weighted by Gasteiger charge is 2.30. The summed E-state index contributed by atoms with van der Waals surface area (Å²) in [7, 11) is 1.48. The minimum atomic E-state index is -0.603. The van der Waals surface area contributed by atoms with Crippen LogP contribution in [0.4, 0.5) is 0 Å². The fourth-order valence-electron chi connectivity index (χ4n) is 2.65. The SMILES string of the molecule is COc1cc(OC(C)=O)c2c(OC(C)=O)c3c(cc2c1)COC3=O. The largest absolute Gasteiger partial charge is 0.497 e. The predicted octanol–water partition coefficient (Wildman–Crippen LogP) is 2.37. The summed E-state index contributed by atoms with van der Waals surface area (Å²) in [5, 5.41) is 0.928. The molecule has 0 N–H and O–H groups in total. The van der Waals surface area contributed by atoms with Crippen molar-refractivity contribution in [3.05, 3.63) is 29.3 Å². The van der Waals surface area contributed by atoms with E-state index in [0.29, 0.717) is 22.1 Å². The Kier molecular flexibility index (Phi) is 3.84. The molecular weight excluding hydrogens is 316 g/mol. The fourth-order valence-corrected chi connectivity index (χ4v) is 2.65. The molecule has 24 heavy (non-hydrogen) atoms. The summed E-state index contributed by atoms with van der Waals surface area (Å²) in [6.07, 6.45) is 0. The molecule has 2 aromatic rings. The normalized spacial score (nSPS) is 12.5. The third-order valence-corrected chi connectivity index (χ3v) is 3.51. The second-order valence-electron chi connectivity index (χ2n) is 5.23. The van der Waals surface area contributed by atoms with Gasteiger partial charge in [0.05, 0.1) is 12.5 Å². The van der Waals surface area contributed by atoms with Crippen molar-refractivity contribution in [1.29, 1.82) is 0 Å². The van der Waals surface area contributed by atoms with Gasteiger partial charge < -0.3 is 18.9 Å². The molecular formula is C17H14O7. The first-order chi connectivity index (χ1) is 11.4. The van der Waals surface area contributed by atoms with Crippen LogP contribution in [0, 0.1) is 0 Å². The van der Waals surface area contributed by atoms with Crippen LogP contribution in [-0.4, -0.2) is 25.0 Å². The van der Waals surface area contributed by atoms with Gasteiger partial charge in [-0.1, -0.05) is 0 Å². The Morgan fingerprint density at radius 1 is 1.08 bits per heavy atom. The summed E-state index contributed by atoms with van der Waals surface area (Å²) in [6, 6.07) is 4.90. The predicted molar refractivity (Wildman–Crippen MR) is 82.2 cm³/mol. The van der Waals surface area contributed by atoms with Gasteiger partial charge in [-0.15, -0.1) is 0 Å². The van der Waals surface area contributed by atoms with Gasteiger partial charge in [0.25, 0.3) is 0 Å².